The molecule has 1 rings (SSSR count). The van der Waals surface area contributed by atoms with Crippen molar-refractivity contribution in [1.82, 2.24) is 0 Å². The van der Waals surface area contributed by atoms with Crippen molar-refractivity contribution in [2.24, 2.45) is 5.73 Å². The fourth-order valence-electron chi connectivity index (χ4n) is 1.43. The van der Waals surface area contributed by atoms with Crippen LogP contribution in [0.4, 0.5) is 0 Å². The normalized spacial score (nSPS) is 12.1. The first kappa shape index (κ1) is 12.5. The Morgan fingerprint density at radius 3 is 2.88 bits per heavy atom. The van der Waals surface area contributed by atoms with Crippen molar-refractivity contribution in [2.45, 2.75) is 25.9 Å². The van der Waals surface area contributed by atoms with E-state index in [0.29, 0.717) is 5.75 Å². The molecule has 1 aromatic rings. The minimum Gasteiger partial charge on any atom is -0.478 e. The smallest absolute Gasteiger partial charge is 0.346 e. The zero-order chi connectivity index (χ0) is 12.0. The summed E-state index contributed by atoms with van der Waals surface area (Å²) >= 11 is 0. The number of hydrogen-bond donors (Lipinski definition) is 2. The van der Waals surface area contributed by atoms with E-state index in [-0.39, 0.29) is 6.54 Å². The summed E-state index contributed by atoms with van der Waals surface area (Å²) in [6, 6.07) is 7.45. The van der Waals surface area contributed by atoms with Gasteiger partial charge in [-0.15, -0.1) is 0 Å². The van der Waals surface area contributed by atoms with Gasteiger partial charge in [0.2, 0.25) is 6.10 Å². The second kappa shape index (κ2) is 6.12. The number of aryl methyl sites for hydroxylation is 1. The first-order valence-corrected chi connectivity index (χ1v) is 5.35. The Labute approximate surface area is 95.0 Å². The predicted molar refractivity (Wildman–Crippen MR) is 61.5 cm³/mol. The Kier molecular flexibility index (Phi) is 4.79. The third kappa shape index (κ3) is 3.55. The van der Waals surface area contributed by atoms with Gasteiger partial charge in [-0.1, -0.05) is 25.5 Å². The number of carboxylic acids is 1. The van der Waals surface area contributed by atoms with Gasteiger partial charge in [-0.2, -0.15) is 0 Å². The molecule has 0 radical (unpaired) electrons. The second-order valence-corrected chi connectivity index (χ2v) is 3.58. The zero-order valence-corrected chi connectivity index (χ0v) is 9.35. The molecule has 0 unspecified atom stereocenters. The van der Waals surface area contributed by atoms with E-state index >= 15 is 0 Å². The highest BCUT2D eigenvalue weighted by Gasteiger charge is 2.16. The van der Waals surface area contributed by atoms with Crippen molar-refractivity contribution in [3.8, 4) is 5.75 Å². The van der Waals surface area contributed by atoms with Crippen LogP contribution in [-0.4, -0.2) is 23.7 Å². The average Bonchev–Trinajstić information content (AvgIpc) is 2.26. The number of rotatable bonds is 6. The highest BCUT2D eigenvalue weighted by atomic mass is 16.5. The maximum Gasteiger partial charge on any atom is 0.346 e. The number of ether oxygens (including phenoxy) is 1. The Bertz CT molecular complexity index is 352. The summed E-state index contributed by atoms with van der Waals surface area (Å²) in [7, 11) is 0. The van der Waals surface area contributed by atoms with E-state index in [4.69, 9.17) is 15.6 Å². The SMILES string of the molecule is CCCc1cccc(O[C@@H](CN)C(=O)O)c1. The molecule has 0 aliphatic rings. The first-order chi connectivity index (χ1) is 7.67. The van der Waals surface area contributed by atoms with Crippen molar-refractivity contribution in [3.05, 3.63) is 29.8 Å². The summed E-state index contributed by atoms with van der Waals surface area (Å²) in [6.45, 7) is 2.06. The van der Waals surface area contributed by atoms with Gasteiger partial charge in [0, 0.05) is 6.54 Å². The van der Waals surface area contributed by atoms with Crippen LogP contribution in [0.15, 0.2) is 24.3 Å². The highest BCUT2D eigenvalue weighted by Crippen LogP contribution is 2.16. The average molecular weight is 223 g/mol. The lowest BCUT2D eigenvalue weighted by Gasteiger charge is -2.13. The number of aliphatic carboxylic acids is 1. The van der Waals surface area contributed by atoms with Crippen LogP contribution in [0.1, 0.15) is 18.9 Å². The summed E-state index contributed by atoms with van der Waals surface area (Å²) in [5.41, 5.74) is 6.45. The highest BCUT2D eigenvalue weighted by molar-refractivity contribution is 5.73. The van der Waals surface area contributed by atoms with Gasteiger partial charge < -0.3 is 15.6 Å². The van der Waals surface area contributed by atoms with Crippen molar-refractivity contribution >= 4 is 5.97 Å². The molecule has 88 valence electrons. The molecule has 0 fully saturated rings. The van der Waals surface area contributed by atoms with Crippen LogP contribution < -0.4 is 10.5 Å². The molecule has 3 N–H and O–H groups in total. The summed E-state index contributed by atoms with van der Waals surface area (Å²) in [5.74, 6) is -0.479. The fraction of sp³-hybridized carbons (Fsp3) is 0.417. The van der Waals surface area contributed by atoms with Gasteiger partial charge in [-0.25, -0.2) is 4.79 Å². The quantitative estimate of drug-likeness (QED) is 0.765. The van der Waals surface area contributed by atoms with Crippen molar-refractivity contribution in [1.29, 1.82) is 0 Å². The lowest BCUT2D eigenvalue weighted by Crippen LogP contribution is -2.34. The summed E-state index contributed by atoms with van der Waals surface area (Å²) in [6.07, 6.45) is 1.03. The maximum atomic E-state index is 10.7. The molecule has 0 aliphatic heterocycles. The molecule has 0 amide bonds. The molecule has 0 saturated carbocycles. The molecule has 0 saturated heterocycles. The second-order valence-electron chi connectivity index (χ2n) is 3.58. The van der Waals surface area contributed by atoms with E-state index in [1.807, 2.05) is 18.2 Å². The minimum absolute atomic E-state index is 0.0344. The van der Waals surface area contributed by atoms with E-state index in [1.54, 1.807) is 6.07 Å². The molecule has 0 heterocycles. The first-order valence-electron chi connectivity index (χ1n) is 5.35. The predicted octanol–water partition coefficient (Wildman–Crippen LogP) is 1.43. The van der Waals surface area contributed by atoms with Crippen molar-refractivity contribution in [3.63, 3.8) is 0 Å². The van der Waals surface area contributed by atoms with Gasteiger partial charge >= 0.3 is 5.97 Å². The van der Waals surface area contributed by atoms with Gasteiger partial charge in [0.25, 0.3) is 0 Å². The molecule has 0 aliphatic carbocycles. The molecule has 4 heteroatoms. The molecule has 16 heavy (non-hydrogen) atoms. The topological polar surface area (TPSA) is 72.5 Å². The van der Waals surface area contributed by atoms with E-state index in [0.717, 1.165) is 18.4 Å². The summed E-state index contributed by atoms with van der Waals surface area (Å²) < 4.78 is 5.29. The van der Waals surface area contributed by atoms with Crippen LogP contribution in [0.25, 0.3) is 0 Å². The monoisotopic (exact) mass is 223 g/mol. The lowest BCUT2D eigenvalue weighted by atomic mass is 10.1. The zero-order valence-electron chi connectivity index (χ0n) is 9.35. The number of nitrogens with two attached hydrogens (primary N) is 1. The standard InChI is InChI=1S/C12H17NO3/c1-2-4-9-5-3-6-10(7-9)16-11(8-13)12(14)15/h3,5-7,11H,2,4,8,13H2,1H3,(H,14,15)/t11-/m0/s1. The third-order valence-electron chi connectivity index (χ3n) is 2.20. The van der Waals surface area contributed by atoms with Gasteiger partial charge in [0.1, 0.15) is 5.75 Å². The van der Waals surface area contributed by atoms with Crippen LogP contribution in [0.2, 0.25) is 0 Å². The fourth-order valence-corrected chi connectivity index (χ4v) is 1.43. The maximum absolute atomic E-state index is 10.7. The Morgan fingerprint density at radius 1 is 1.56 bits per heavy atom. The van der Waals surface area contributed by atoms with Gasteiger partial charge in [0.05, 0.1) is 0 Å². The molecule has 4 nitrogen and oxygen atoms in total. The minimum atomic E-state index is -1.04. The molecule has 0 spiro atoms. The number of benzene rings is 1. The number of carbonyl (C=O) groups is 1. The van der Waals surface area contributed by atoms with Crippen LogP contribution in [-0.2, 0) is 11.2 Å². The van der Waals surface area contributed by atoms with Crippen LogP contribution in [0.3, 0.4) is 0 Å². The molecule has 1 aromatic carbocycles. The van der Waals surface area contributed by atoms with Crippen LogP contribution >= 0.6 is 0 Å². The molecule has 0 aromatic heterocycles. The molecule has 0 bridgehead atoms. The Morgan fingerprint density at radius 2 is 2.31 bits per heavy atom. The summed E-state index contributed by atoms with van der Waals surface area (Å²) in [5, 5.41) is 8.80. The van der Waals surface area contributed by atoms with Crippen LogP contribution in [0, 0.1) is 0 Å². The van der Waals surface area contributed by atoms with E-state index < -0.39 is 12.1 Å². The Balaban J connectivity index is 2.72. The van der Waals surface area contributed by atoms with E-state index in [2.05, 4.69) is 6.92 Å². The van der Waals surface area contributed by atoms with Gasteiger partial charge in [-0.3, -0.25) is 0 Å². The largest absolute Gasteiger partial charge is 0.478 e. The molecular formula is C12H17NO3. The van der Waals surface area contributed by atoms with Gasteiger partial charge in [0.15, 0.2) is 0 Å². The summed E-state index contributed by atoms with van der Waals surface area (Å²) in [4.78, 5) is 10.7. The molecular weight excluding hydrogens is 206 g/mol. The number of hydrogen-bond acceptors (Lipinski definition) is 3. The van der Waals surface area contributed by atoms with Crippen LogP contribution in [0.5, 0.6) is 5.75 Å². The van der Waals surface area contributed by atoms with E-state index in [9.17, 15) is 4.79 Å². The van der Waals surface area contributed by atoms with Crippen molar-refractivity contribution in [2.75, 3.05) is 6.54 Å². The molecule has 1 atom stereocenters. The van der Waals surface area contributed by atoms with E-state index in [1.165, 1.54) is 0 Å². The van der Waals surface area contributed by atoms with Gasteiger partial charge in [-0.05, 0) is 24.1 Å². The number of carboxylic acid groups (broad SMARTS) is 1. The third-order valence-corrected chi connectivity index (χ3v) is 2.20. The van der Waals surface area contributed by atoms with Crippen molar-refractivity contribution < 1.29 is 14.6 Å². The lowest BCUT2D eigenvalue weighted by molar-refractivity contribution is -0.144. The Hall–Kier alpha value is -1.55.